The zero-order chi connectivity index (χ0) is 10.1. The molecule has 14 heavy (non-hydrogen) atoms. The van der Waals surface area contributed by atoms with Crippen molar-refractivity contribution in [3.63, 3.8) is 0 Å². The summed E-state index contributed by atoms with van der Waals surface area (Å²) in [5.74, 6) is -0.0921. The van der Waals surface area contributed by atoms with E-state index >= 15 is 0 Å². The fourth-order valence-corrected chi connectivity index (χ4v) is 1.95. The molecule has 0 aliphatic rings. The number of aryl methyl sites for hydroxylation is 2. The van der Waals surface area contributed by atoms with Gasteiger partial charge in [0.25, 0.3) is 0 Å². The first-order valence-electron chi connectivity index (χ1n) is 4.06. The number of carboxylic acids is 1. The second-order valence-electron chi connectivity index (χ2n) is 2.83. The van der Waals surface area contributed by atoms with E-state index in [1.807, 2.05) is 0 Å². The number of carboxylic acid groups (broad SMARTS) is 1. The maximum Gasteiger partial charge on any atom is 0.303 e. The first-order valence-corrected chi connectivity index (χ1v) is 4.88. The van der Waals surface area contributed by atoms with Crippen LogP contribution in [-0.2, 0) is 11.2 Å². The van der Waals surface area contributed by atoms with Crippen molar-refractivity contribution in [2.24, 2.45) is 0 Å². The van der Waals surface area contributed by atoms with Crippen molar-refractivity contribution in [3.8, 4) is 0 Å². The Hall–Kier alpha value is -1.50. The fourth-order valence-electron chi connectivity index (χ4n) is 1.07. The van der Waals surface area contributed by atoms with Crippen molar-refractivity contribution in [2.75, 3.05) is 0 Å². The number of rotatable bonds is 3. The molecule has 0 radical (unpaired) electrons. The maximum absolute atomic E-state index is 10.3. The van der Waals surface area contributed by atoms with Gasteiger partial charge < -0.3 is 5.11 Å². The highest BCUT2D eigenvalue weighted by molar-refractivity contribution is 7.16. The Bertz CT molecular complexity index is 475. The van der Waals surface area contributed by atoms with E-state index in [0.717, 1.165) is 10.8 Å². The number of hydrogen-bond donors (Lipinski definition) is 1. The van der Waals surface area contributed by atoms with E-state index in [4.69, 9.17) is 5.11 Å². The number of aliphatic carboxylic acids is 1. The summed E-state index contributed by atoms with van der Waals surface area (Å²) in [6, 6.07) is 0. The van der Waals surface area contributed by atoms with E-state index in [1.165, 1.54) is 11.3 Å². The highest BCUT2D eigenvalue weighted by atomic mass is 32.1. The van der Waals surface area contributed by atoms with Gasteiger partial charge in [0.1, 0.15) is 5.01 Å². The monoisotopic (exact) mass is 212 g/mol. The van der Waals surface area contributed by atoms with Crippen LogP contribution in [0.2, 0.25) is 0 Å². The molecule has 0 spiro atoms. The normalized spacial score (nSPS) is 10.9. The average molecular weight is 212 g/mol. The summed E-state index contributed by atoms with van der Waals surface area (Å²) >= 11 is 1.37. The summed E-state index contributed by atoms with van der Waals surface area (Å²) in [4.78, 5) is 11.0. The Balaban J connectivity index is 2.23. The maximum atomic E-state index is 10.3. The molecule has 0 aliphatic heterocycles. The summed E-state index contributed by atoms with van der Waals surface area (Å²) in [7, 11) is 0. The van der Waals surface area contributed by atoms with Crippen LogP contribution in [0, 0.1) is 6.92 Å². The smallest absolute Gasteiger partial charge is 0.303 e. The SMILES string of the molecule is Cc1nnc2sc(CCC(=O)O)nn12. The predicted octanol–water partition coefficient (Wildman–Crippen LogP) is 0.511. The summed E-state index contributed by atoms with van der Waals surface area (Å²) < 4.78 is 1.63. The van der Waals surface area contributed by atoms with Gasteiger partial charge in [-0.1, -0.05) is 11.3 Å². The Kier molecular flexibility index (Phi) is 2.16. The Labute approximate surface area is 83.2 Å². The molecule has 2 heterocycles. The van der Waals surface area contributed by atoms with Gasteiger partial charge in [0.05, 0.1) is 6.42 Å². The standard InChI is InChI=1S/C7H8N4O2S/c1-4-8-9-7-11(4)10-5(14-7)2-3-6(12)13/h2-3H2,1H3,(H,12,13). The van der Waals surface area contributed by atoms with Crippen LogP contribution in [0.25, 0.3) is 4.96 Å². The molecule has 2 rings (SSSR count). The van der Waals surface area contributed by atoms with Crippen molar-refractivity contribution < 1.29 is 9.90 Å². The Morgan fingerprint density at radius 2 is 2.36 bits per heavy atom. The lowest BCUT2D eigenvalue weighted by molar-refractivity contribution is -0.136. The van der Waals surface area contributed by atoms with Crippen molar-refractivity contribution in [1.29, 1.82) is 0 Å². The van der Waals surface area contributed by atoms with Crippen LogP contribution in [0.1, 0.15) is 17.3 Å². The van der Waals surface area contributed by atoms with Gasteiger partial charge in [-0.15, -0.1) is 10.2 Å². The largest absolute Gasteiger partial charge is 0.481 e. The molecule has 0 saturated carbocycles. The zero-order valence-corrected chi connectivity index (χ0v) is 8.28. The van der Waals surface area contributed by atoms with Gasteiger partial charge in [-0.25, -0.2) is 0 Å². The lowest BCUT2D eigenvalue weighted by Crippen LogP contribution is -1.98. The van der Waals surface area contributed by atoms with Crippen LogP contribution in [0.4, 0.5) is 0 Å². The molecule has 0 aromatic carbocycles. The molecular formula is C7H8N4O2S. The zero-order valence-electron chi connectivity index (χ0n) is 7.47. The molecule has 2 aromatic rings. The van der Waals surface area contributed by atoms with Crippen molar-refractivity contribution >= 4 is 22.3 Å². The number of fused-ring (bicyclic) bond motifs is 1. The third kappa shape index (κ3) is 1.58. The molecule has 2 aromatic heterocycles. The molecule has 0 saturated heterocycles. The van der Waals surface area contributed by atoms with Gasteiger partial charge in [0.2, 0.25) is 4.96 Å². The molecule has 0 unspecified atom stereocenters. The van der Waals surface area contributed by atoms with E-state index < -0.39 is 5.97 Å². The first-order chi connectivity index (χ1) is 6.66. The second-order valence-corrected chi connectivity index (χ2v) is 3.87. The summed E-state index contributed by atoms with van der Waals surface area (Å²) in [6.07, 6.45) is 0.548. The predicted molar refractivity (Wildman–Crippen MR) is 49.4 cm³/mol. The number of aromatic nitrogens is 4. The minimum absolute atomic E-state index is 0.100. The van der Waals surface area contributed by atoms with Crippen molar-refractivity contribution in [1.82, 2.24) is 19.8 Å². The molecule has 74 valence electrons. The van der Waals surface area contributed by atoms with Crippen LogP contribution < -0.4 is 0 Å². The van der Waals surface area contributed by atoms with Gasteiger partial charge in [0, 0.05) is 6.42 Å². The van der Waals surface area contributed by atoms with E-state index in [-0.39, 0.29) is 6.42 Å². The molecular weight excluding hydrogens is 204 g/mol. The topological polar surface area (TPSA) is 80.4 Å². The fraction of sp³-hybridized carbons (Fsp3) is 0.429. The van der Waals surface area contributed by atoms with Crippen LogP contribution in [0.5, 0.6) is 0 Å². The lowest BCUT2D eigenvalue weighted by Gasteiger charge is -1.89. The van der Waals surface area contributed by atoms with Gasteiger partial charge >= 0.3 is 5.97 Å². The van der Waals surface area contributed by atoms with E-state index in [1.54, 1.807) is 11.4 Å². The minimum Gasteiger partial charge on any atom is -0.481 e. The quantitative estimate of drug-likeness (QED) is 0.801. The van der Waals surface area contributed by atoms with Gasteiger partial charge in [-0.2, -0.15) is 9.61 Å². The van der Waals surface area contributed by atoms with Crippen LogP contribution in [0.3, 0.4) is 0 Å². The molecule has 0 fully saturated rings. The summed E-state index contributed by atoms with van der Waals surface area (Å²) in [5, 5.41) is 21.2. The van der Waals surface area contributed by atoms with Crippen LogP contribution >= 0.6 is 11.3 Å². The highest BCUT2D eigenvalue weighted by Crippen LogP contribution is 2.14. The summed E-state index contributed by atoms with van der Waals surface area (Å²) in [5.41, 5.74) is 0. The Morgan fingerprint density at radius 3 is 3.00 bits per heavy atom. The molecule has 6 nitrogen and oxygen atoms in total. The van der Waals surface area contributed by atoms with Gasteiger partial charge in [-0.3, -0.25) is 4.79 Å². The second kappa shape index (κ2) is 3.33. The van der Waals surface area contributed by atoms with Crippen LogP contribution in [0.15, 0.2) is 0 Å². The third-order valence-electron chi connectivity index (χ3n) is 1.74. The molecule has 0 amide bonds. The van der Waals surface area contributed by atoms with Crippen LogP contribution in [-0.4, -0.2) is 30.9 Å². The molecule has 0 bridgehead atoms. The number of hydrogen-bond acceptors (Lipinski definition) is 5. The minimum atomic E-state index is -0.812. The molecule has 0 aliphatic carbocycles. The highest BCUT2D eigenvalue weighted by Gasteiger charge is 2.09. The molecule has 7 heteroatoms. The lowest BCUT2D eigenvalue weighted by atomic mass is 10.3. The van der Waals surface area contributed by atoms with E-state index in [2.05, 4.69) is 15.3 Å². The first kappa shape index (κ1) is 9.07. The van der Waals surface area contributed by atoms with Crippen molar-refractivity contribution in [2.45, 2.75) is 19.8 Å². The number of nitrogens with zero attached hydrogens (tertiary/aromatic N) is 4. The Morgan fingerprint density at radius 1 is 1.57 bits per heavy atom. The molecule has 1 N–H and O–H groups in total. The average Bonchev–Trinajstić information content (AvgIpc) is 2.65. The van der Waals surface area contributed by atoms with E-state index in [0.29, 0.717) is 11.4 Å². The summed E-state index contributed by atoms with van der Waals surface area (Å²) in [6.45, 7) is 1.81. The van der Waals surface area contributed by atoms with Crippen molar-refractivity contribution in [3.05, 3.63) is 10.8 Å². The third-order valence-corrected chi connectivity index (χ3v) is 2.70. The van der Waals surface area contributed by atoms with E-state index in [9.17, 15) is 4.79 Å². The molecule has 0 atom stereocenters. The van der Waals surface area contributed by atoms with Gasteiger partial charge in [0.15, 0.2) is 5.82 Å². The number of carbonyl (C=O) groups is 1. The van der Waals surface area contributed by atoms with Gasteiger partial charge in [-0.05, 0) is 6.92 Å².